The number of amides is 2. The first kappa shape index (κ1) is 14.0. The molecule has 1 aromatic heterocycles. The van der Waals surface area contributed by atoms with E-state index in [-0.39, 0.29) is 10.8 Å². The minimum Gasteiger partial charge on any atom is -0.366 e. The maximum absolute atomic E-state index is 11.9. The van der Waals surface area contributed by atoms with E-state index in [2.05, 4.69) is 15.3 Å². The van der Waals surface area contributed by atoms with Crippen LogP contribution < -0.4 is 11.1 Å². The van der Waals surface area contributed by atoms with Crippen molar-refractivity contribution in [2.75, 3.05) is 5.32 Å². The van der Waals surface area contributed by atoms with Gasteiger partial charge in [-0.05, 0) is 30.7 Å². The number of carbonyl (C=O) groups is 2. The highest BCUT2D eigenvalue weighted by molar-refractivity contribution is 6.29. The lowest BCUT2D eigenvalue weighted by Crippen LogP contribution is -2.16. The van der Waals surface area contributed by atoms with Gasteiger partial charge in [0.05, 0.1) is 12.4 Å². The van der Waals surface area contributed by atoms with Gasteiger partial charge in [0.15, 0.2) is 0 Å². The second kappa shape index (κ2) is 5.66. The highest BCUT2D eigenvalue weighted by atomic mass is 35.5. The molecule has 1 aromatic carbocycles. The molecule has 1 heterocycles. The Morgan fingerprint density at radius 2 is 2.00 bits per heavy atom. The average molecular weight is 291 g/mol. The number of nitrogens with two attached hydrogens (primary N) is 1. The Morgan fingerprint density at radius 3 is 2.55 bits per heavy atom. The van der Waals surface area contributed by atoms with Crippen molar-refractivity contribution < 1.29 is 9.59 Å². The molecule has 2 aromatic rings. The van der Waals surface area contributed by atoms with Gasteiger partial charge in [0.1, 0.15) is 10.8 Å². The molecule has 0 aliphatic carbocycles. The third-order valence-electron chi connectivity index (χ3n) is 2.61. The smallest absolute Gasteiger partial charge is 0.275 e. The van der Waals surface area contributed by atoms with Gasteiger partial charge in [0, 0.05) is 11.3 Å². The minimum absolute atomic E-state index is 0.146. The first-order valence-corrected chi connectivity index (χ1v) is 6.04. The molecule has 0 fully saturated rings. The maximum Gasteiger partial charge on any atom is 0.275 e. The van der Waals surface area contributed by atoms with E-state index in [1.54, 1.807) is 25.1 Å². The Balaban J connectivity index is 2.19. The number of rotatable bonds is 3. The van der Waals surface area contributed by atoms with Crippen molar-refractivity contribution in [3.63, 3.8) is 0 Å². The fourth-order valence-corrected chi connectivity index (χ4v) is 1.67. The molecule has 0 bridgehead atoms. The number of nitrogens with zero attached hydrogens (tertiary/aromatic N) is 2. The van der Waals surface area contributed by atoms with Crippen LogP contribution in [0.3, 0.4) is 0 Å². The van der Waals surface area contributed by atoms with Crippen LogP contribution in [0.5, 0.6) is 0 Å². The van der Waals surface area contributed by atoms with E-state index < -0.39 is 11.8 Å². The van der Waals surface area contributed by atoms with Crippen LogP contribution in [-0.2, 0) is 0 Å². The van der Waals surface area contributed by atoms with Crippen LogP contribution in [-0.4, -0.2) is 21.8 Å². The van der Waals surface area contributed by atoms with Gasteiger partial charge in [-0.25, -0.2) is 9.97 Å². The van der Waals surface area contributed by atoms with Crippen molar-refractivity contribution in [3.05, 3.63) is 52.6 Å². The molecule has 3 N–H and O–H groups in total. The Kier molecular flexibility index (Phi) is 3.95. The van der Waals surface area contributed by atoms with Crippen LogP contribution in [0.25, 0.3) is 0 Å². The summed E-state index contributed by atoms with van der Waals surface area (Å²) < 4.78 is 0. The van der Waals surface area contributed by atoms with Crippen LogP contribution in [0.1, 0.15) is 26.4 Å². The number of aromatic nitrogens is 2. The van der Waals surface area contributed by atoms with E-state index >= 15 is 0 Å². The Bertz CT molecular complexity index is 671. The standard InChI is InChI=1S/C13H11ClN4O2/c1-7-4-8(12(15)19)2-3-9(7)18-13(20)10-5-17-11(14)6-16-10/h2-6H,1H3,(H2,15,19)(H,18,20). The van der Waals surface area contributed by atoms with Gasteiger partial charge in [0.25, 0.3) is 5.91 Å². The SMILES string of the molecule is Cc1cc(C(N)=O)ccc1NC(=O)c1cnc(Cl)cn1. The normalized spacial score (nSPS) is 10.1. The Morgan fingerprint density at radius 1 is 1.25 bits per heavy atom. The first-order valence-electron chi connectivity index (χ1n) is 5.66. The van der Waals surface area contributed by atoms with Crippen molar-refractivity contribution in [2.45, 2.75) is 6.92 Å². The van der Waals surface area contributed by atoms with Crippen molar-refractivity contribution in [1.29, 1.82) is 0 Å². The van der Waals surface area contributed by atoms with Crippen LogP contribution in [0.2, 0.25) is 5.15 Å². The summed E-state index contributed by atoms with van der Waals surface area (Å²) in [5.74, 6) is -0.932. The van der Waals surface area contributed by atoms with Crippen LogP contribution in [0.15, 0.2) is 30.6 Å². The van der Waals surface area contributed by atoms with E-state index in [0.29, 0.717) is 11.3 Å². The molecule has 0 spiro atoms. The third-order valence-corrected chi connectivity index (χ3v) is 2.81. The topological polar surface area (TPSA) is 98.0 Å². The predicted octanol–water partition coefficient (Wildman–Crippen LogP) is 1.79. The van der Waals surface area contributed by atoms with Crippen molar-refractivity contribution in [1.82, 2.24) is 9.97 Å². The molecule has 2 amide bonds. The number of hydrogen-bond donors (Lipinski definition) is 2. The molecule has 20 heavy (non-hydrogen) atoms. The molecule has 0 saturated heterocycles. The summed E-state index contributed by atoms with van der Waals surface area (Å²) in [6.45, 7) is 1.76. The Hall–Kier alpha value is -2.47. The van der Waals surface area contributed by atoms with Crippen molar-refractivity contribution >= 4 is 29.1 Å². The molecule has 2 rings (SSSR count). The third kappa shape index (κ3) is 3.10. The zero-order valence-corrected chi connectivity index (χ0v) is 11.3. The molecule has 0 unspecified atom stereocenters. The van der Waals surface area contributed by atoms with Crippen LogP contribution >= 0.6 is 11.6 Å². The van der Waals surface area contributed by atoms with Crippen molar-refractivity contribution in [3.8, 4) is 0 Å². The molecular formula is C13H11ClN4O2. The van der Waals surface area contributed by atoms with E-state index in [1.165, 1.54) is 12.4 Å². The lowest BCUT2D eigenvalue weighted by Gasteiger charge is -2.08. The van der Waals surface area contributed by atoms with Gasteiger partial charge in [-0.15, -0.1) is 0 Å². The number of benzene rings is 1. The van der Waals surface area contributed by atoms with E-state index in [0.717, 1.165) is 5.56 Å². The van der Waals surface area contributed by atoms with E-state index in [4.69, 9.17) is 17.3 Å². The number of nitrogens with one attached hydrogen (secondary N) is 1. The minimum atomic E-state index is -0.519. The fraction of sp³-hybridized carbons (Fsp3) is 0.0769. The number of anilines is 1. The summed E-state index contributed by atoms with van der Waals surface area (Å²) in [5, 5.41) is 2.89. The molecular weight excluding hydrogens is 280 g/mol. The average Bonchev–Trinajstić information content (AvgIpc) is 2.41. The molecule has 0 radical (unpaired) electrons. The molecule has 0 aliphatic heterocycles. The summed E-state index contributed by atoms with van der Waals surface area (Å²) in [6.07, 6.45) is 2.57. The van der Waals surface area contributed by atoms with Gasteiger partial charge in [-0.3, -0.25) is 9.59 Å². The molecule has 0 saturated carbocycles. The van der Waals surface area contributed by atoms with Gasteiger partial charge in [0.2, 0.25) is 5.91 Å². The van der Waals surface area contributed by atoms with Crippen molar-refractivity contribution in [2.24, 2.45) is 5.73 Å². The first-order chi connectivity index (χ1) is 9.47. The number of carbonyl (C=O) groups excluding carboxylic acids is 2. The number of primary amides is 1. The molecule has 0 atom stereocenters. The predicted molar refractivity (Wildman–Crippen MR) is 74.7 cm³/mol. The van der Waals surface area contributed by atoms with E-state index in [1.807, 2.05) is 0 Å². The summed E-state index contributed by atoms with van der Waals surface area (Å²) >= 11 is 5.60. The number of aryl methyl sites for hydroxylation is 1. The Labute approximate surface area is 120 Å². The highest BCUT2D eigenvalue weighted by Crippen LogP contribution is 2.17. The van der Waals surface area contributed by atoms with Gasteiger partial charge in [-0.1, -0.05) is 11.6 Å². The largest absolute Gasteiger partial charge is 0.366 e. The molecule has 6 nitrogen and oxygen atoms in total. The summed E-state index contributed by atoms with van der Waals surface area (Å²) in [7, 11) is 0. The highest BCUT2D eigenvalue weighted by Gasteiger charge is 2.11. The van der Waals surface area contributed by atoms with Gasteiger partial charge >= 0.3 is 0 Å². The second-order valence-electron chi connectivity index (χ2n) is 4.07. The lowest BCUT2D eigenvalue weighted by atomic mass is 10.1. The van der Waals surface area contributed by atoms with Crippen LogP contribution in [0, 0.1) is 6.92 Å². The number of halogens is 1. The van der Waals surface area contributed by atoms with Gasteiger partial charge < -0.3 is 11.1 Å². The monoisotopic (exact) mass is 290 g/mol. The number of hydrogen-bond acceptors (Lipinski definition) is 4. The quantitative estimate of drug-likeness (QED) is 0.900. The van der Waals surface area contributed by atoms with Crippen LogP contribution in [0.4, 0.5) is 5.69 Å². The lowest BCUT2D eigenvalue weighted by molar-refractivity contribution is 0.0997. The van der Waals surface area contributed by atoms with E-state index in [9.17, 15) is 9.59 Å². The summed E-state index contributed by atoms with van der Waals surface area (Å²) in [4.78, 5) is 30.6. The fourth-order valence-electron chi connectivity index (χ4n) is 1.57. The van der Waals surface area contributed by atoms with Gasteiger partial charge in [-0.2, -0.15) is 0 Å². The summed E-state index contributed by atoms with van der Waals surface area (Å²) in [5.41, 5.74) is 6.99. The zero-order chi connectivity index (χ0) is 14.7. The second-order valence-corrected chi connectivity index (χ2v) is 4.46. The summed E-state index contributed by atoms with van der Waals surface area (Å²) in [6, 6.07) is 4.75. The zero-order valence-electron chi connectivity index (χ0n) is 10.6. The molecule has 102 valence electrons. The maximum atomic E-state index is 11.9. The molecule has 0 aliphatic rings. The molecule has 7 heteroatoms.